The van der Waals surface area contributed by atoms with Gasteiger partial charge in [-0.1, -0.05) is 12.1 Å². The van der Waals surface area contributed by atoms with Gasteiger partial charge in [-0.2, -0.15) is 10.4 Å². The zero-order valence-electron chi connectivity index (χ0n) is 6.87. The van der Waals surface area contributed by atoms with Crippen molar-refractivity contribution in [3.8, 4) is 6.07 Å². The van der Waals surface area contributed by atoms with E-state index in [9.17, 15) is 4.39 Å². The molecule has 0 heterocycles. The maximum absolute atomic E-state index is 12.5. The zero-order valence-corrected chi connectivity index (χ0v) is 6.87. The topological polar surface area (TPSA) is 62.2 Å². The van der Waals surface area contributed by atoms with Gasteiger partial charge >= 0.3 is 0 Å². The standard InChI is InChI=1S/C9H8FN3/c10-8-3-1-7(2-4-8)9(13-12)5-6-11/h1-4H,5,12H2/b13-9-. The Morgan fingerprint density at radius 3 is 2.54 bits per heavy atom. The number of nitriles is 1. The van der Waals surface area contributed by atoms with Crippen LogP contribution in [0.2, 0.25) is 0 Å². The first-order valence-corrected chi connectivity index (χ1v) is 3.67. The number of halogens is 1. The summed E-state index contributed by atoms with van der Waals surface area (Å²) in [5.41, 5.74) is 1.13. The molecule has 66 valence electrons. The molecule has 0 spiro atoms. The highest BCUT2D eigenvalue weighted by Crippen LogP contribution is 2.05. The SMILES string of the molecule is N#CC/C(=N/N)c1ccc(F)cc1. The molecule has 0 aliphatic carbocycles. The Bertz CT molecular complexity index is 348. The Labute approximate surface area is 75.3 Å². The lowest BCUT2D eigenvalue weighted by molar-refractivity contribution is 0.628. The number of hydrazone groups is 1. The van der Waals surface area contributed by atoms with Crippen molar-refractivity contribution < 1.29 is 4.39 Å². The first kappa shape index (κ1) is 9.20. The van der Waals surface area contributed by atoms with E-state index in [1.807, 2.05) is 6.07 Å². The van der Waals surface area contributed by atoms with Crippen molar-refractivity contribution in [2.24, 2.45) is 10.9 Å². The molecule has 0 saturated carbocycles. The lowest BCUT2D eigenvalue weighted by Crippen LogP contribution is -2.03. The maximum atomic E-state index is 12.5. The number of hydrogen-bond acceptors (Lipinski definition) is 3. The van der Waals surface area contributed by atoms with Crippen molar-refractivity contribution in [3.63, 3.8) is 0 Å². The Kier molecular flexibility index (Phi) is 2.98. The third kappa shape index (κ3) is 2.27. The quantitative estimate of drug-likeness (QED) is 0.421. The molecule has 13 heavy (non-hydrogen) atoms. The molecule has 3 nitrogen and oxygen atoms in total. The van der Waals surface area contributed by atoms with Crippen molar-refractivity contribution in [1.82, 2.24) is 0 Å². The fraction of sp³-hybridized carbons (Fsp3) is 0.111. The molecule has 0 bridgehead atoms. The van der Waals surface area contributed by atoms with Gasteiger partial charge in [0.2, 0.25) is 0 Å². The molecular weight excluding hydrogens is 169 g/mol. The van der Waals surface area contributed by atoms with Crippen LogP contribution < -0.4 is 5.84 Å². The molecule has 0 amide bonds. The third-order valence-corrected chi connectivity index (χ3v) is 1.58. The molecule has 0 atom stereocenters. The van der Waals surface area contributed by atoms with Crippen LogP contribution in [0, 0.1) is 17.1 Å². The summed E-state index contributed by atoms with van der Waals surface area (Å²) in [5, 5.41) is 11.9. The fourth-order valence-electron chi connectivity index (χ4n) is 0.939. The molecule has 1 aromatic carbocycles. The van der Waals surface area contributed by atoms with E-state index in [1.54, 1.807) is 12.1 Å². The van der Waals surface area contributed by atoms with Crippen LogP contribution in [-0.2, 0) is 0 Å². The van der Waals surface area contributed by atoms with Crippen molar-refractivity contribution in [3.05, 3.63) is 35.6 Å². The number of benzene rings is 1. The summed E-state index contributed by atoms with van der Waals surface area (Å²) in [4.78, 5) is 0. The predicted molar refractivity (Wildman–Crippen MR) is 47.4 cm³/mol. The van der Waals surface area contributed by atoms with E-state index in [1.165, 1.54) is 12.1 Å². The number of nitrogens with zero attached hydrogens (tertiary/aromatic N) is 2. The Morgan fingerprint density at radius 1 is 1.46 bits per heavy atom. The van der Waals surface area contributed by atoms with Crippen molar-refractivity contribution in [2.45, 2.75) is 6.42 Å². The minimum atomic E-state index is -0.322. The van der Waals surface area contributed by atoms with Crippen LogP contribution in [0.1, 0.15) is 12.0 Å². The second-order valence-electron chi connectivity index (χ2n) is 2.42. The van der Waals surface area contributed by atoms with Gasteiger partial charge in [0.05, 0.1) is 18.2 Å². The van der Waals surface area contributed by atoms with Crippen molar-refractivity contribution >= 4 is 5.71 Å². The van der Waals surface area contributed by atoms with Gasteiger partial charge in [0, 0.05) is 0 Å². The summed E-state index contributed by atoms with van der Waals surface area (Å²) in [6.45, 7) is 0. The highest BCUT2D eigenvalue weighted by atomic mass is 19.1. The number of hydrogen-bond donors (Lipinski definition) is 1. The normalized spacial score (nSPS) is 10.9. The molecule has 0 aliphatic rings. The van der Waals surface area contributed by atoms with Gasteiger partial charge in [-0.05, 0) is 17.7 Å². The molecule has 0 aromatic heterocycles. The van der Waals surface area contributed by atoms with E-state index in [2.05, 4.69) is 5.10 Å². The highest BCUT2D eigenvalue weighted by Gasteiger charge is 2.02. The minimum Gasteiger partial charge on any atom is -0.323 e. The second kappa shape index (κ2) is 4.21. The summed E-state index contributed by atoms with van der Waals surface area (Å²) in [6, 6.07) is 7.61. The van der Waals surface area contributed by atoms with Gasteiger partial charge in [0.1, 0.15) is 5.82 Å². The summed E-state index contributed by atoms with van der Waals surface area (Å²) < 4.78 is 12.5. The largest absolute Gasteiger partial charge is 0.323 e. The molecule has 2 N–H and O–H groups in total. The first-order valence-electron chi connectivity index (χ1n) is 3.67. The third-order valence-electron chi connectivity index (χ3n) is 1.58. The molecule has 4 heteroatoms. The van der Waals surface area contributed by atoms with Crippen LogP contribution in [0.15, 0.2) is 29.4 Å². The van der Waals surface area contributed by atoms with Crippen molar-refractivity contribution in [2.75, 3.05) is 0 Å². The van der Waals surface area contributed by atoms with Gasteiger partial charge in [0.15, 0.2) is 0 Å². The Morgan fingerprint density at radius 2 is 2.08 bits per heavy atom. The second-order valence-corrected chi connectivity index (χ2v) is 2.42. The van der Waals surface area contributed by atoms with Crippen LogP contribution in [0.4, 0.5) is 4.39 Å². The molecule has 1 rings (SSSR count). The molecule has 0 unspecified atom stereocenters. The highest BCUT2D eigenvalue weighted by molar-refractivity contribution is 6.01. The molecule has 0 radical (unpaired) electrons. The summed E-state index contributed by atoms with van der Waals surface area (Å²) in [5.74, 6) is 4.75. The summed E-state index contributed by atoms with van der Waals surface area (Å²) in [7, 11) is 0. The molecule has 0 aliphatic heterocycles. The van der Waals surface area contributed by atoms with E-state index in [4.69, 9.17) is 11.1 Å². The lowest BCUT2D eigenvalue weighted by Gasteiger charge is -1.99. The molecule has 0 saturated heterocycles. The van der Waals surface area contributed by atoms with E-state index in [0.717, 1.165) is 0 Å². The zero-order chi connectivity index (χ0) is 9.68. The van der Waals surface area contributed by atoms with Crippen LogP contribution in [0.5, 0.6) is 0 Å². The summed E-state index contributed by atoms with van der Waals surface area (Å²) in [6.07, 6.45) is 0.127. The van der Waals surface area contributed by atoms with Crippen LogP contribution in [0.3, 0.4) is 0 Å². The van der Waals surface area contributed by atoms with Crippen LogP contribution in [0.25, 0.3) is 0 Å². The van der Waals surface area contributed by atoms with Gasteiger partial charge < -0.3 is 5.84 Å². The maximum Gasteiger partial charge on any atom is 0.123 e. The van der Waals surface area contributed by atoms with Gasteiger partial charge in [-0.25, -0.2) is 4.39 Å². The Hall–Kier alpha value is -1.89. The first-order chi connectivity index (χ1) is 6.27. The molecular formula is C9H8FN3. The number of nitrogens with two attached hydrogens (primary N) is 1. The fourth-order valence-corrected chi connectivity index (χ4v) is 0.939. The lowest BCUT2D eigenvalue weighted by atomic mass is 10.1. The molecule has 0 fully saturated rings. The van der Waals surface area contributed by atoms with E-state index >= 15 is 0 Å². The Balaban J connectivity index is 2.95. The minimum absolute atomic E-state index is 0.127. The average molecular weight is 177 g/mol. The van der Waals surface area contributed by atoms with E-state index in [0.29, 0.717) is 11.3 Å². The van der Waals surface area contributed by atoms with Gasteiger partial charge in [-0.3, -0.25) is 0 Å². The monoisotopic (exact) mass is 177 g/mol. The van der Waals surface area contributed by atoms with Crippen LogP contribution in [-0.4, -0.2) is 5.71 Å². The van der Waals surface area contributed by atoms with Gasteiger partial charge in [-0.15, -0.1) is 0 Å². The van der Waals surface area contributed by atoms with E-state index < -0.39 is 0 Å². The van der Waals surface area contributed by atoms with E-state index in [-0.39, 0.29) is 12.2 Å². The predicted octanol–water partition coefficient (Wildman–Crippen LogP) is 1.40. The molecule has 1 aromatic rings. The number of rotatable bonds is 2. The van der Waals surface area contributed by atoms with Gasteiger partial charge in [0.25, 0.3) is 0 Å². The average Bonchev–Trinajstić information content (AvgIpc) is 2.16. The smallest absolute Gasteiger partial charge is 0.123 e. The summed E-state index contributed by atoms with van der Waals surface area (Å²) >= 11 is 0. The van der Waals surface area contributed by atoms with Crippen LogP contribution >= 0.6 is 0 Å². The van der Waals surface area contributed by atoms with Crippen molar-refractivity contribution in [1.29, 1.82) is 5.26 Å².